The minimum absolute atomic E-state index is 0.384. The summed E-state index contributed by atoms with van der Waals surface area (Å²) < 4.78 is 0. The van der Waals surface area contributed by atoms with Crippen LogP contribution in [-0.2, 0) is 6.42 Å². The number of aryl methyl sites for hydroxylation is 3. The van der Waals surface area contributed by atoms with Gasteiger partial charge >= 0.3 is 0 Å². The zero-order valence-corrected chi connectivity index (χ0v) is 35.2. The van der Waals surface area contributed by atoms with Crippen LogP contribution in [0.15, 0.2) is 85.0 Å². The van der Waals surface area contributed by atoms with Gasteiger partial charge in [0.25, 0.3) is 0 Å². The van der Waals surface area contributed by atoms with Gasteiger partial charge in [-0.1, -0.05) is 199 Å². The van der Waals surface area contributed by atoms with Crippen LogP contribution in [0.4, 0.5) is 0 Å². The van der Waals surface area contributed by atoms with Gasteiger partial charge in [0.05, 0.1) is 0 Å². The third kappa shape index (κ3) is 49.8. The van der Waals surface area contributed by atoms with E-state index in [4.69, 9.17) is 12.2 Å². The van der Waals surface area contributed by atoms with E-state index in [0.717, 1.165) is 18.4 Å². The average molecular weight is 662 g/mol. The van der Waals surface area contributed by atoms with Gasteiger partial charge in [-0.25, -0.2) is 0 Å². The lowest BCUT2D eigenvalue weighted by Crippen LogP contribution is -2.11. The summed E-state index contributed by atoms with van der Waals surface area (Å²) in [5, 5.41) is 0. The predicted octanol–water partition coefficient (Wildman–Crippen LogP) is 15.5. The molecule has 1 nitrogen and oxygen atoms in total. The van der Waals surface area contributed by atoms with Gasteiger partial charge in [0.15, 0.2) is 0 Å². The van der Waals surface area contributed by atoms with Crippen molar-refractivity contribution in [2.24, 2.45) is 5.73 Å². The summed E-state index contributed by atoms with van der Waals surface area (Å²) in [5.74, 6) is 2.60. The maximum Gasteiger partial charge on any atom is 0.0271 e. The molecule has 0 aliphatic carbocycles. The van der Waals surface area contributed by atoms with Crippen molar-refractivity contribution in [1.29, 1.82) is 0 Å². The molecule has 0 amide bonds. The Balaban J connectivity index is -0.000000111. The average Bonchev–Trinajstić information content (AvgIpc) is 3.12. The van der Waals surface area contributed by atoms with Crippen molar-refractivity contribution in [3.05, 3.63) is 113 Å². The molecule has 1 heteroatoms. The Kier molecular flexibility index (Phi) is 57.6. The number of benzene rings is 2. The van der Waals surface area contributed by atoms with Crippen molar-refractivity contribution in [2.45, 2.75) is 168 Å². The second-order valence-electron chi connectivity index (χ2n) is 11.5. The number of hydrogen-bond acceptors (Lipinski definition) is 1. The molecule has 0 aliphatic rings. The molecule has 276 valence electrons. The summed E-state index contributed by atoms with van der Waals surface area (Å²) in [6, 6.07) is 14.8. The maximum atomic E-state index is 5.29. The molecule has 0 heterocycles. The quantitative estimate of drug-likeness (QED) is 0.221. The SMILES string of the molecule is C#Cc1ccccc1C.C=C/C(C)=C\C=C(C)C.C=Cc1cc(CC)ccc1C.CC.CCC(C)N.CCCC.CCCC.CCCC. The maximum absolute atomic E-state index is 5.29. The van der Waals surface area contributed by atoms with Crippen molar-refractivity contribution < 1.29 is 0 Å². The molecular weight excluding hydrogens is 579 g/mol. The summed E-state index contributed by atoms with van der Waals surface area (Å²) >= 11 is 0. The van der Waals surface area contributed by atoms with Crippen LogP contribution in [-0.4, -0.2) is 6.04 Å². The van der Waals surface area contributed by atoms with E-state index >= 15 is 0 Å². The first-order valence-electron chi connectivity index (χ1n) is 18.7. The standard InChI is InChI=1S/C11H14.C9H8.C9H14.C4H11N.3C4H10.C2H6/c1-4-10-7-6-9(3)11(5-2)8-10;1-3-9-7-5-4-6-8(9)2;1-5-9(4)7-6-8(2)3;1-3-4(2)5;3*1-3-4-2;1-2/h5-8H,2,4H2,1,3H3;1,4-7H,2H3;5-7H,1H2,2-4H3;4H,3,5H2,1-2H3;3*3-4H2,1-2H3;1-2H3/b;;9-7-;;;;;. The lowest BCUT2D eigenvalue weighted by atomic mass is 10.0. The van der Waals surface area contributed by atoms with E-state index in [9.17, 15) is 0 Å². The first-order valence-corrected chi connectivity index (χ1v) is 18.7. The third-order valence-corrected chi connectivity index (χ3v) is 6.42. The number of allylic oxidation sites excluding steroid dienone is 5. The van der Waals surface area contributed by atoms with Crippen molar-refractivity contribution in [3.8, 4) is 12.3 Å². The number of unbranched alkanes of at least 4 members (excludes halogenated alkanes) is 3. The van der Waals surface area contributed by atoms with E-state index in [0.29, 0.717) is 6.04 Å². The molecular formula is C47H83N. The highest BCUT2D eigenvalue weighted by Crippen LogP contribution is 2.12. The molecule has 0 radical (unpaired) electrons. The Hall–Kier alpha value is -3.08. The molecule has 1 atom stereocenters. The first kappa shape index (κ1) is 57.2. The monoisotopic (exact) mass is 662 g/mol. The van der Waals surface area contributed by atoms with Gasteiger partial charge in [-0.2, -0.15) is 0 Å². The number of terminal acetylenes is 1. The molecule has 1 unspecified atom stereocenters. The summed E-state index contributed by atoms with van der Waals surface area (Å²) in [6.45, 7) is 41.0. The summed E-state index contributed by atoms with van der Waals surface area (Å²) in [7, 11) is 0. The van der Waals surface area contributed by atoms with E-state index < -0.39 is 0 Å². The van der Waals surface area contributed by atoms with Crippen LogP contribution in [0.3, 0.4) is 0 Å². The number of rotatable bonds is 8. The molecule has 2 aromatic carbocycles. The van der Waals surface area contributed by atoms with Crippen molar-refractivity contribution >= 4 is 6.08 Å². The Morgan fingerprint density at radius 3 is 1.46 bits per heavy atom. The molecule has 0 saturated heterocycles. The van der Waals surface area contributed by atoms with Gasteiger partial charge in [0, 0.05) is 11.6 Å². The van der Waals surface area contributed by atoms with Gasteiger partial charge in [0.1, 0.15) is 0 Å². The molecule has 0 fully saturated rings. The molecule has 0 bridgehead atoms. The smallest absolute Gasteiger partial charge is 0.0271 e. The number of nitrogens with two attached hydrogens (primary N) is 1. The second kappa shape index (κ2) is 48.3. The largest absolute Gasteiger partial charge is 0.328 e. The van der Waals surface area contributed by atoms with Crippen LogP contribution in [0, 0.1) is 26.2 Å². The molecule has 0 aliphatic heterocycles. The summed E-state index contributed by atoms with van der Waals surface area (Å²) in [5.41, 5.74) is 13.9. The van der Waals surface area contributed by atoms with E-state index in [1.807, 2.05) is 71.0 Å². The Labute approximate surface area is 304 Å². The summed E-state index contributed by atoms with van der Waals surface area (Å²) in [6.07, 6.45) is 23.2. The Bertz CT molecular complexity index is 1020. The fourth-order valence-corrected chi connectivity index (χ4v) is 2.23. The van der Waals surface area contributed by atoms with Gasteiger partial charge in [-0.15, -0.1) is 6.42 Å². The molecule has 2 rings (SSSR count). The highest BCUT2D eigenvalue weighted by molar-refractivity contribution is 5.52. The van der Waals surface area contributed by atoms with Gasteiger partial charge in [-0.05, 0) is 82.7 Å². The topological polar surface area (TPSA) is 26.0 Å². The second-order valence-corrected chi connectivity index (χ2v) is 11.5. The van der Waals surface area contributed by atoms with Crippen LogP contribution in [0.1, 0.15) is 170 Å². The predicted molar refractivity (Wildman–Crippen MR) is 230 cm³/mol. The van der Waals surface area contributed by atoms with Gasteiger partial charge in [-0.3, -0.25) is 0 Å². The molecule has 0 aromatic heterocycles. The van der Waals surface area contributed by atoms with E-state index in [-0.39, 0.29) is 0 Å². The highest BCUT2D eigenvalue weighted by Gasteiger charge is 1.94. The van der Waals surface area contributed by atoms with Crippen LogP contribution in [0.25, 0.3) is 6.08 Å². The van der Waals surface area contributed by atoms with Crippen molar-refractivity contribution in [3.63, 3.8) is 0 Å². The van der Waals surface area contributed by atoms with E-state index in [1.54, 1.807) is 0 Å². The Morgan fingerprint density at radius 1 is 0.750 bits per heavy atom. The highest BCUT2D eigenvalue weighted by atomic mass is 14.6. The van der Waals surface area contributed by atoms with Crippen LogP contribution < -0.4 is 5.73 Å². The molecule has 0 saturated carbocycles. The minimum atomic E-state index is 0.384. The molecule has 0 spiro atoms. The zero-order chi connectivity index (χ0) is 38.8. The normalized spacial score (nSPS) is 9.38. The van der Waals surface area contributed by atoms with Gasteiger partial charge in [0.2, 0.25) is 0 Å². The Morgan fingerprint density at radius 2 is 1.19 bits per heavy atom. The van der Waals surface area contributed by atoms with Crippen LogP contribution in [0.2, 0.25) is 0 Å². The summed E-state index contributed by atoms with van der Waals surface area (Å²) in [4.78, 5) is 0. The van der Waals surface area contributed by atoms with Gasteiger partial charge < -0.3 is 5.73 Å². The lowest BCUT2D eigenvalue weighted by molar-refractivity contribution is 0.715. The van der Waals surface area contributed by atoms with E-state index in [2.05, 4.69) is 126 Å². The van der Waals surface area contributed by atoms with Crippen molar-refractivity contribution in [1.82, 2.24) is 0 Å². The lowest BCUT2D eigenvalue weighted by Gasteiger charge is -2.02. The number of hydrogen-bond donors (Lipinski definition) is 1. The molecule has 2 aromatic rings. The molecule has 2 N–H and O–H groups in total. The van der Waals surface area contributed by atoms with Crippen LogP contribution in [0.5, 0.6) is 0 Å². The fraction of sp³-hybridized carbons (Fsp3) is 0.532. The fourth-order valence-electron chi connectivity index (χ4n) is 2.23. The first-order chi connectivity index (χ1) is 22.8. The third-order valence-electron chi connectivity index (χ3n) is 6.42. The molecule has 48 heavy (non-hydrogen) atoms. The van der Waals surface area contributed by atoms with E-state index in [1.165, 1.54) is 71.9 Å². The van der Waals surface area contributed by atoms with Crippen molar-refractivity contribution in [2.75, 3.05) is 0 Å². The zero-order valence-electron chi connectivity index (χ0n) is 35.2. The van der Waals surface area contributed by atoms with Crippen LogP contribution >= 0.6 is 0 Å². The minimum Gasteiger partial charge on any atom is -0.328 e.